The summed E-state index contributed by atoms with van der Waals surface area (Å²) in [6.45, 7) is 3.56. The number of aliphatic carboxylic acids is 1. The third-order valence-corrected chi connectivity index (χ3v) is 1.53. The molecule has 0 fully saturated rings. The number of ether oxygens (including phenoxy) is 1. The minimum absolute atomic E-state index is 0.127. The van der Waals surface area contributed by atoms with Crippen molar-refractivity contribution in [3.63, 3.8) is 0 Å². The lowest BCUT2D eigenvalue weighted by Crippen LogP contribution is -2.18. The van der Waals surface area contributed by atoms with Crippen LogP contribution in [-0.2, 0) is 14.3 Å². The SMILES string of the molecule is CCCCC(=O)OC(C)CC(=O)O. The number of esters is 1. The minimum atomic E-state index is -0.948. The van der Waals surface area contributed by atoms with Gasteiger partial charge in [0.25, 0.3) is 0 Å². The van der Waals surface area contributed by atoms with E-state index in [-0.39, 0.29) is 12.4 Å². The average molecular weight is 188 g/mol. The molecule has 1 unspecified atom stereocenters. The Morgan fingerprint density at radius 1 is 1.46 bits per heavy atom. The van der Waals surface area contributed by atoms with Crippen molar-refractivity contribution >= 4 is 11.9 Å². The summed E-state index contributed by atoms with van der Waals surface area (Å²) in [5.74, 6) is -1.26. The molecule has 0 aliphatic carbocycles. The first-order valence-corrected chi connectivity index (χ1v) is 4.47. The molecule has 0 bridgehead atoms. The highest BCUT2D eigenvalue weighted by molar-refractivity contribution is 5.71. The van der Waals surface area contributed by atoms with Crippen LogP contribution < -0.4 is 0 Å². The van der Waals surface area contributed by atoms with Crippen molar-refractivity contribution in [2.45, 2.75) is 45.6 Å². The smallest absolute Gasteiger partial charge is 0.307 e. The van der Waals surface area contributed by atoms with Crippen LogP contribution in [0.15, 0.2) is 0 Å². The summed E-state index contributed by atoms with van der Waals surface area (Å²) in [5.41, 5.74) is 0. The van der Waals surface area contributed by atoms with Crippen LogP contribution in [0.3, 0.4) is 0 Å². The molecular weight excluding hydrogens is 172 g/mol. The first kappa shape index (κ1) is 11.9. The average Bonchev–Trinajstić information content (AvgIpc) is 1.98. The van der Waals surface area contributed by atoms with E-state index in [4.69, 9.17) is 9.84 Å². The highest BCUT2D eigenvalue weighted by Gasteiger charge is 2.11. The molecule has 76 valence electrons. The Bertz CT molecular complexity index is 176. The maximum atomic E-state index is 11.0. The van der Waals surface area contributed by atoms with Gasteiger partial charge in [0.05, 0.1) is 6.42 Å². The fourth-order valence-electron chi connectivity index (χ4n) is 0.892. The number of hydrogen-bond acceptors (Lipinski definition) is 3. The zero-order chi connectivity index (χ0) is 10.3. The van der Waals surface area contributed by atoms with Crippen LogP contribution >= 0.6 is 0 Å². The molecule has 0 aromatic rings. The Labute approximate surface area is 77.9 Å². The van der Waals surface area contributed by atoms with Crippen molar-refractivity contribution in [1.29, 1.82) is 0 Å². The van der Waals surface area contributed by atoms with Crippen molar-refractivity contribution in [3.8, 4) is 0 Å². The van der Waals surface area contributed by atoms with Gasteiger partial charge in [-0.15, -0.1) is 0 Å². The molecule has 1 N–H and O–H groups in total. The van der Waals surface area contributed by atoms with E-state index in [1.165, 1.54) is 0 Å². The van der Waals surface area contributed by atoms with Crippen molar-refractivity contribution in [2.75, 3.05) is 0 Å². The largest absolute Gasteiger partial charge is 0.481 e. The van der Waals surface area contributed by atoms with Gasteiger partial charge in [-0.05, 0) is 13.3 Å². The zero-order valence-corrected chi connectivity index (χ0v) is 8.08. The summed E-state index contributed by atoms with van der Waals surface area (Å²) in [6, 6.07) is 0. The predicted octanol–water partition coefficient (Wildman–Crippen LogP) is 1.58. The first-order chi connectivity index (χ1) is 6.06. The molecule has 4 heteroatoms. The number of carboxylic acid groups (broad SMARTS) is 1. The summed E-state index contributed by atoms with van der Waals surface area (Å²) in [4.78, 5) is 21.2. The number of hydrogen-bond donors (Lipinski definition) is 1. The van der Waals surface area contributed by atoms with E-state index < -0.39 is 12.1 Å². The summed E-state index contributed by atoms with van der Waals surface area (Å²) in [7, 11) is 0. The van der Waals surface area contributed by atoms with Gasteiger partial charge in [0.2, 0.25) is 0 Å². The Morgan fingerprint density at radius 3 is 2.54 bits per heavy atom. The molecule has 0 spiro atoms. The number of carbonyl (C=O) groups is 2. The van der Waals surface area contributed by atoms with Gasteiger partial charge in [-0.1, -0.05) is 13.3 Å². The van der Waals surface area contributed by atoms with Crippen LogP contribution in [0.5, 0.6) is 0 Å². The van der Waals surface area contributed by atoms with Gasteiger partial charge >= 0.3 is 11.9 Å². The second kappa shape index (κ2) is 6.46. The molecule has 1 atom stereocenters. The molecule has 0 saturated carbocycles. The maximum absolute atomic E-state index is 11.0. The van der Waals surface area contributed by atoms with E-state index in [1.54, 1.807) is 6.92 Å². The highest BCUT2D eigenvalue weighted by Crippen LogP contribution is 2.02. The second-order valence-corrected chi connectivity index (χ2v) is 3.00. The number of carboxylic acids is 1. The van der Waals surface area contributed by atoms with Crippen LogP contribution in [0.25, 0.3) is 0 Å². The summed E-state index contributed by atoms with van der Waals surface area (Å²) >= 11 is 0. The lowest BCUT2D eigenvalue weighted by molar-refractivity contribution is -0.151. The van der Waals surface area contributed by atoms with E-state index in [1.807, 2.05) is 6.92 Å². The van der Waals surface area contributed by atoms with Crippen LogP contribution in [0, 0.1) is 0 Å². The molecule has 0 radical (unpaired) electrons. The molecule has 0 rings (SSSR count). The fourth-order valence-corrected chi connectivity index (χ4v) is 0.892. The lowest BCUT2D eigenvalue weighted by Gasteiger charge is -2.10. The topological polar surface area (TPSA) is 63.6 Å². The Kier molecular flexibility index (Phi) is 5.93. The summed E-state index contributed by atoms with van der Waals surface area (Å²) < 4.78 is 4.84. The molecule has 0 heterocycles. The maximum Gasteiger partial charge on any atom is 0.307 e. The Balaban J connectivity index is 3.59. The molecule has 13 heavy (non-hydrogen) atoms. The fraction of sp³-hybridized carbons (Fsp3) is 0.778. The second-order valence-electron chi connectivity index (χ2n) is 3.00. The third-order valence-electron chi connectivity index (χ3n) is 1.53. The molecule has 4 nitrogen and oxygen atoms in total. The van der Waals surface area contributed by atoms with Crippen LogP contribution in [0.1, 0.15) is 39.5 Å². The van der Waals surface area contributed by atoms with E-state index in [2.05, 4.69) is 0 Å². The van der Waals surface area contributed by atoms with Gasteiger partial charge in [-0.25, -0.2) is 0 Å². The van der Waals surface area contributed by atoms with Gasteiger partial charge in [-0.3, -0.25) is 9.59 Å². The van der Waals surface area contributed by atoms with Crippen LogP contribution in [0.2, 0.25) is 0 Å². The van der Waals surface area contributed by atoms with E-state index >= 15 is 0 Å². The lowest BCUT2D eigenvalue weighted by atomic mass is 10.2. The van der Waals surface area contributed by atoms with Gasteiger partial charge in [-0.2, -0.15) is 0 Å². The van der Waals surface area contributed by atoms with E-state index in [0.717, 1.165) is 12.8 Å². The minimum Gasteiger partial charge on any atom is -0.481 e. The Morgan fingerprint density at radius 2 is 2.08 bits per heavy atom. The number of carbonyl (C=O) groups excluding carboxylic acids is 1. The quantitative estimate of drug-likeness (QED) is 0.643. The van der Waals surface area contributed by atoms with Gasteiger partial charge in [0.1, 0.15) is 6.10 Å². The van der Waals surface area contributed by atoms with Crippen LogP contribution in [-0.4, -0.2) is 23.1 Å². The van der Waals surface area contributed by atoms with Crippen molar-refractivity contribution in [2.24, 2.45) is 0 Å². The Hall–Kier alpha value is -1.06. The first-order valence-electron chi connectivity index (χ1n) is 4.47. The summed E-state index contributed by atoms with van der Waals surface area (Å²) in [6.07, 6.45) is 1.45. The molecule has 0 saturated heterocycles. The molecule has 0 amide bonds. The van der Waals surface area contributed by atoms with Crippen molar-refractivity contribution < 1.29 is 19.4 Å². The molecule has 0 aliphatic rings. The van der Waals surface area contributed by atoms with Gasteiger partial charge < -0.3 is 9.84 Å². The molecule has 0 aliphatic heterocycles. The number of rotatable bonds is 6. The van der Waals surface area contributed by atoms with Crippen molar-refractivity contribution in [1.82, 2.24) is 0 Å². The monoisotopic (exact) mass is 188 g/mol. The molecule has 0 aromatic carbocycles. The number of unbranched alkanes of at least 4 members (excludes halogenated alkanes) is 1. The molecule has 0 aromatic heterocycles. The van der Waals surface area contributed by atoms with Gasteiger partial charge in [0, 0.05) is 6.42 Å². The zero-order valence-electron chi connectivity index (χ0n) is 8.08. The normalized spacial score (nSPS) is 12.2. The molecular formula is C9H16O4. The summed E-state index contributed by atoms with van der Waals surface area (Å²) in [5, 5.41) is 8.38. The van der Waals surface area contributed by atoms with Crippen molar-refractivity contribution in [3.05, 3.63) is 0 Å². The standard InChI is InChI=1S/C9H16O4/c1-3-4-5-9(12)13-7(2)6-8(10)11/h7H,3-6H2,1-2H3,(H,10,11). The van der Waals surface area contributed by atoms with Crippen LogP contribution in [0.4, 0.5) is 0 Å². The van der Waals surface area contributed by atoms with E-state index in [0.29, 0.717) is 6.42 Å². The van der Waals surface area contributed by atoms with E-state index in [9.17, 15) is 9.59 Å². The predicted molar refractivity (Wildman–Crippen MR) is 47.3 cm³/mol. The highest BCUT2D eigenvalue weighted by atomic mass is 16.5. The van der Waals surface area contributed by atoms with Gasteiger partial charge in [0.15, 0.2) is 0 Å². The third kappa shape index (κ3) is 7.31.